The van der Waals surface area contributed by atoms with Crippen LogP contribution in [0.5, 0.6) is 0 Å². The van der Waals surface area contributed by atoms with Crippen molar-refractivity contribution in [3.05, 3.63) is 21.3 Å². The van der Waals surface area contributed by atoms with E-state index in [0.29, 0.717) is 10.8 Å². The van der Waals surface area contributed by atoms with Gasteiger partial charge in [0, 0.05) is 13.5 Å². The van der Waals surface area contributed by atoms with Gasteiger partial charge in [0.05, 0.1) is 14.8 Å². The summed E-state index contributed by atoms with van der Waals surface area (Å²) >= 11 is 7.09. The Balaban J connectivity index is 2.50. The average molecular weight is 247 g/mol. The third-order valence-electron chi connectivity index (χ3n) is 2.35. The van der Waals surface area contributed by atoms with Crippen LogP contribution in [0.4, 0.5) is 0 Å². The van der Waals surface area contributed by atoms with Gasteiger partial charge in [0.1, 0.15) is 0 Å². The van der Waals surface area contributed by atoms with Crippen LogP contribution >= 0.6 is 22.9 Å². The molecule has 15 heavy (non-hydrogen) atoms. The minimum atomic E-state index is -0.239. The van der Waals surface area contributed by atoms with E-state index in [1.165, 1.54) is 11.3 Å². The molecule has 1 heterocycles. The van der Waals surface area contributed by atoms with E-state index >= 15 is 0 Å². The topological polar surface area (TPSA) is 26.3 Å². The summed E-state index contributed by atoms with van der Waals surface area (Å²) in [6.07, 6.45) is 1.22. The minimum absolute atomic E-state index is 0.136. The molecule has 0 aliphatic rings. The normalized spacial score (nSPS) is 11.7. The first kappa shape index (κ1) is 12.7. The summed E-state index contributed by atoms with van der Waals surface area (Å²) < 4.78 is 5.91. The molecular formula is C11H15ClO2S. The van der Waals surface area contributed by atoms with Crippen LogP contribution in [0, 0.1) is 0 Å². The molecule has 1 aromatic rings. The van der Waals surface area contributed by atoms with Gasteiger partial charge in [0.2, 0.25) is 0 Å². The molecule has 0 spiro atoms. The summed E-state index contributed by atoms with van der Waals surface area (Å²) in [6.45, 7) is 3.95. The first-order valence-electron chi connectivity index (χ1n) is 4.78. The molecule has 0 saturated heterocycles. The highest BCUT2D eigenvalue weighted by molar-refractivity contribution is 7.18. The van der Waals surface area contributed by atoms with Gasteiger partial charge in [-0.2, -0.15) is 0 Å². The molecule has 0 aliphatic heterocycles. The maximum atomic E-state index is 11.7. The molecular weight excluding hydrogens is 232 g/mol. The van der Waals surface area contributed by atoms with Crippen molar-refractivity contribution in [1.82, 2.24) is 0 Å². The highest BCUT2D eigenvalue weighted by Crippen LogP contribution is 2.24. The summed E-state index contributed by atoms with van der Waals surface area (Å²) in [5.41, 5.74) is -0.239. The number of ether oxygens (including phenoxy) is 1. The van der Waals surface area contributed by atoms with Crippen LogP contribution < -0.4 is 0 Å². The van der Waals surface area contributed by atoms with Gasteiger partial charge in [-0.1, -0.05) is 11.6 Å². The van der Waals surface area contributed by atoms with E-state index in [0.717, 1.165) is 11.3 Å². The Morgan fingerprint density at radius 3 is 2.67 bits per heavy atom. The second kappa shape index (κ2) is 5.10. The second-order valence-electron chi connectivity index (χ2n) is 3.99. The van der Waals surface area contributed by atoms with E-state index in [1.54, 1.807) is 19.2 Å². The molecule has 84 valence electrons. The number of rotatable bonds is 5. The smallest absolute Gasteiger partial charge is 0.172 e. The highest BCUT2D eigenvalue weighted by atomic mass is 35.5. The van der Waals surface area contributed by atoms with Crippen LogP contribution in [0.25, 0.3) is 0 Å². The van der Waals surface area contributed by atoms with E-state index in [-0.39, 0.29) is 11.4 Å². The standard InChI is InChI=1S/C11H15ClO2S/c1-11(2,14-3)7-6-8(13)9-4-5-10(12)15-9/h4-5H,6-7H2,1-3H3. The monoisotopic (exact) mass is 246 g/mol. The molecule has 0 atom stereocenters. The van der Waals surface area contributed by atoms with Crippen LogP contribution in [0.2, 0.25) is 4.34 Å². The fourth-order valence-corrected chi connectivity index (χ4v) is 2.11. The van der Waals surface area contributed by atoms with Crippen molar-refractivity contribution in [2.75, 3.05) is 7.11 Å². The van der Waals surface area contributed by atoms with Gasteiger partial charge in [0.15, 0.2) is 5.78 Å². The number of ketones is 1. The Morgan fingerprint density at radius 2 is 2.20 bits per heavy atom. The van der Waals surface area contributed by atoms with E-state index < -0.39 is 0 Å². The van der Waals surface area contributed by atoms with Crippen LogP contribution in [-0.2, 0) is 4.74 Å². The Morgan fingerprint density at radius 1 is 1.53 bits per heavy atom. The molecule has 0 aliphatic carbocycles. The van der Waals surface area contributed by atoms with Crippen molar-refractivity contribution < 1.29 is 9.53 Å². The van der Waals surface area contributed by atoms with E-state index in [2.05, 4.69) is 0 Å². The van der Waals surface area contributed by atoms with E-state index in [4.69, 9.17) is 16.3 Å². The first-order chi connectivity index (χ1) is 6.94. The predicted octanol–water partition coefficient (Wildman–Crippen LogP) is 3.79. The summed E-state index contributed by atoms with van der Waals surface area (Å²) in [4.78, 5) is 12.4. The Hall–Kier alpha value is -0.380. The molecule has 0 radical (unpaired) electrons. The quantitative estimate of drug-likeness (QED) is 0.739. The van der Waals surface area contributed by atoms with E-state index in [9.17, 15) is 4.79 Å². The Kier molecular flexibility index (Phi) is 4.32. The van der Waals surface area contributed by atoms with Crippen LogP contribution in [0.3, 0.4) is 0 Å². The number of Topliss-reactive ketones (excluding diaryl/α,β-unsaturated/α-hetero) is 1. The number of methoxy groups -OCH3 is 1. The maximum absolute atomic E-state index is 11.7. The molecule has 2 nitrogen and oxygen atoms in total. The maximum Gasteiger partial charge on any atom is 0.172 e. The second-order valence-corrected chi connectivity index (χ2v) is 5.71. The number of halogens is 1. The lowest BCUT2D eigenvalue weighted by Gasteiger charge is -2.21. The van der Waals surface area contributed by atoms with Gasteiger partial charge in [-0.3, -0.25) is 4.79 Å². The average Bonchev–Trinajstić information content (AvgIpc) is 2.61. The Labute approximate surface area is 99.2 Å². The third kappa shape index (κ3) is 3.93. The molecule has 4 heteroatoms. The van der Waals surface area contributed by atoms with Crippen molar-refractivity contribution in [1.29, 1.82) is 0 Å². The molecule has 1 rings (SSSR count). The van der Waals surface area contributed by atoms with Crippen molar-refractivity contribution in [3.8, 4) is 0 Å². The molecule has 1 aromatic heterocycles. The summed E-state index contributed by atoms with van der Waals surface area (Å²) in [5, 5.41) is 0. The lowest BCUT2D eigenvalue weighted by molar-refractivity contribution is 0.0142. The third-order valence-corrected chi connectivity index (χ3v) is 3.63. The lowest BCUT2D eigenvalue weighted by atomic mass is 10.0. The molecule has 0 fully saturated rings. The number of carbonyl (C=O) groups is 1. The first-order valence-corrected chi connectivity index (χ1v) is 5.98. The van der Waals surface area contributed by atoms with Crippen LogP contribution in [0.1, 0.15) is 36.4 Å². The fraction of sp³-hybridized carbons (Fsp3) is 0.545. The van der Waals surface area contributed by atoms with Gasteiger partial charge in [-0.05, 0) is 32.4 Å². The largest absolute Gasteiger partial charge is 0.379 e. The minimum Gasteiger partial charge on any atom is -0.379 e. The van der Waals surface area contributed by atoms with Crippen molar-refractivity contribution in [2.45, 2.75) is 32.3 Å². The van der Waals surface area contributed by atoms with E-state index in [1.807, 2.05) is 13.8 Å². The van der Waals surface area contributed by atoms with Gasteiger partial charge in [-0.15, -0.1) is 11.3 Å². The van der Waals surface area contributed by atoms with Crippen molar-refractivity contribution in [3.63, 3.8) is 0 Å². The molecule has 0 saturated carbocycles. The fourth-order valence-electron chi connectivity index (χ4n) is 1.10. The summed E-state index contributed by atoms with van der Waals surface area (Å²) in [6, 6.07) is 3.52. The van der Waals surface area contributed by atoms with Gasteiger partial charge in [0.25, 0.3) is 0 Å². The highest BCUT2D eigenvalue weighted by Gasteiger charge is 2.19. The van der Waals surface area contributed by atoms with Crippen LogP contribution in [0.15, 0.2) is 12.1 Å². The number of hydrogen-bond donors (Lipinski definition) is 0. The zero-order valence-electron chi connectivity index (χ0n) is 9.17. The van der Waals surface area contributed by atoms with Gasteiger partial charge in [-0.25, -0.2) is 0 Å². The van der Waals surface area contributed by atoms with Gasteiger partial charge < -0.3 is 4.74 Å². The summed E-state index contributed by atoms with van der Waals surface area (Å²) in [5.74, 6) is 0.136. The number of hydrogen-bond acceptors (Lipinski definition) is 3. The van der Waals surface area contributed by atoms with Gasteiger partial charge >= 0.3 is 0 Å². The molecule has 0 amide bonds. The van der Waals surface area contributed by atoms with Crippen molar-refractivity contribution in [2.24, 2.45) is 0 Å². The zero-order valence-corrected chi connectivity index (χ0v) is 10.7. The van der Waals surface area contributed by atoms with Crippen molar-refractivity contribution >= 4 is 28.7 Å². The zero-order chi connectivity index (χ0) is 11.5. The molecule has 0 bridgehead atoms. The Bertz CT molecular complexity index is 344. The molecule has 0 unspecified atom stereocenters. The number of thiophene rings is 1. The predicted molar refractivity (Wildman–Crippen MR) is 64.0 cm³/mol. The number of carbonyl (C=O) groups excluding carboxylic acids is 1. The lowest BCUT2D eigenvalue weighted by Crippen LogP contribution is -2.23. The SMILES string of the molecule is COC(C)(C)CCC(=O)c1ccc(Cl)s1. The van der Waals surface area contributed by atoms with Crippen LogP contribution in [-0.4, -0.2) is 18.5 Å². The molecule has 0 N–H and O–H groups in total. The molecule has 0 aromatic carbocycles. The summed E-state index contributed by atoms with van der Waals surface area (Å²) in [7, 11) is 1.66.